The monoisotopic (exact) mass is 234 g/mol. The van der Waals surface area contributed by atoms with Gasteiger partial charge in [0.05, 0.1) is 5.56 Å². The first-order valence-corrected chi connectivity index (χ1v) is 4.73. The Hall–Kier alpha value is -2.48. The molecule has 0 bridgehead atoms. The molecule has 0 aromatic carbocycles. The van der Waals surface area contributed by atoms with Gasteiger partial charge in [-0.15, -0.1) is 5.10 Å². The number of nitrogens with one attached hydrogen (secondary N) is 2. The normalized spacial score (nSPS) is 10.0. The van der Waals surface area contributed by atoms with Crippen LogP contribution in [-0.2, 0) is 0 Å². The molecular weight excluding hydrogens is 224 g/mol. The van der Waals surface area contributed by atoms with Gasteiger partial charge in [0.25, 0.3) is 5.91 Å². The van der Waals surface area contributed by atoms with Crippen LogP contribution in [0.4, 0.5) is 11.8 Å². The van der Waals surface area contributed by atoms with Crippen molar-refractivity contribution in [2.75, 3.05) is 10.7 Å². The molecule has 1 amide bonds. The molecule has 4 N–H and O–H groups in total. The Morgan fingerprint density at radius 1 is 1.41 bits per heavy atom. The lowest BCUT2D eigenvalue weighted by Gasteiger charge is -2.01. The number of carbonyl (C=O) groups excluding carboxylic acids is 1. The van der Waals surface area contributed by atoms with Crippen molar-refractivity contribution < 1.29 is 9.21 Å². The summed E-state index contributed by atoms with van der Waals surface area (Å²) >= 11 is 0. The standard InChI is InChI=1S/C9H10N6O2/c1-5-14-15-9(17-5)12-8(16)6-2-3-7(13-10)11-4-6/h2-4H,10H2,1H3,(H,11,13)(H,12,15,16). The Morgan fingerprint density at radius 3 is 2.76 bits per heavy atom. The maximum atomic E-state index is 11.7. The molecule has 0 aliphatic heterocycles. The molecule has 88 valence electrons. The van der Waals surface area contributed by atoms with Crippen molar-refractivity contribution in [3.63, 3.8) is 0 Å². The van der Waals surface area contributed by atoms with Gasteiger partial charge in [0, 0.05) is 13.1 Å². The predicted molar refractivity (Wildman–Crippen MR) is 59.0 cm³/mol. The lowest BCUT2D eigenvalue weighted by atomic mass is 10.2. The molecule has 0 atom stereocenters. The van der Waals surface area contributed by atoms with E-state index in [1.807, 2.05) is 0 Å². The van der Waals surface area contributed by atoms with Gasteiger partial charge in [0.1, 0.15) is 5.82 Å². The zero-order chi connectivity index (χ0) is 12.3. The van der Waals surface area contributed by atoms with E-state index in [1.165, 1.54) is 6.20 Å². The second-order valence-electron chi connectivity index (χ2n) is 3.16. The van der Waals surface area contributed by atoms with Crippen LogP contribution in [0.5, 0.6) is 0 Å². The second kappa shape index (κ2) is 4.58. The van der Waals surface area contributed by atoms with E-state index in [-0.39, 0.29) is 11.9 Å². The third kappa shape index (κ3) is 2.55. The molecule has 2 aromatic rings. The lowest BCUT2D eigenvalue weighted by Crippen LogP contribution is -2.13. The maximum absolute atomic E-state index is 11.7. The van der Waals surface area contributed by atoms with E-state index in [2.05, 4.69) is 25.9 Å². The van der Waals surface area contributed by atoms with Crippen LogP contribution in [0.2, 0.25) is 0 Å². The summed E-state index contributed by atoms with van der Waals surface area (Å²) in [6.07, 6.45) is 1.38. The quantitative estimate of drug-likeness (QED) is 0.516. The highest BCUT2D eigenvalue weighted by Gasteiger charge is 2.10. The molecule has 0 aliphatic rings. The lowest BCUT2D eigenvalue weighted by molar-refractivity contribution is 0.102. The van der Waals surface area contributed by atoms with Crippen molar-refractivity contribution in [1.82, 2.24) is 15.2 Å². The zero-order valence-corrected chi connectivity index (χ0v) is 8.97. The fourth-order valence-electron chi connectivity index (χ4n) is 1.13. The molecule has 2 rings (SSSR count). The molecule has 0 saturated heterocycles. The van der Waals surface area contributed by atoms with Gasteiger partial charge in [-0.05, 0) is 12.1 Å². The van der Waals surface area contributed by atoms with Crippen LogP contribution in [0, 0.1) is 6.92 Å². The number of carbonyl (C=O) groups is 1. The van der Waals surface area contributed by atoms with Crippen LogP contribution >= 0.6 is 0 Å². The zero-order valence-electron chi connectivity index (χ0n) is 8.97. The number of hydrogen-bond acceptors (Lipinski definition) is 7. The molecule has 17 heavy (non-hydrogen) atoms. The van der Waals surface area contributed by atoms with E-state index in [0.29, 0.717) is 17.3 Å². The summed E-state index contributed by atoms with van der Waals surface area (Å²) < 4.78 is 5.01. The number of nitrogens with two attached hydrogens (primary N) is 1. The number of anilines is 2. The number of hydrogen-bond donors (Lipinski definition) is 3. The maximum Gasteiger partial charge on any atom is 0.322 e. The summed E-state index contributed by atoms with van der Waals surface area (Å²) in [5.74, 6) is 5.62. The van der Waals surface area contributed by atoms with Gasteiger partial charge in [-0.3, -0.25) is 10.1 Å². The SMILES string of the molecule is Cc1nnc(NC(=O)c2ccc(NN)nc2)o1. The number of aromatic nitrogens is 3. The molecule has 2 heterocycles. The minimum atomic E-state index is -0.385. The highest BCUT2D eigenvalue weighted by atomic mass is 16.4. The Kier molecular flexibility index (Phi) is 2.97. The minimum Gasteiger partial charge on any atom is -0.408 e. The van der Waals surface area contributed by atoms with E-state index in [4.69, 9.17) is 10.3 Å². The van der Waals surface area contributed by atoms with Gasteiger partial charge in [-0.2, -0.15) is 0 Å². The van der Waals surface area contributed by atoms with E-state index < -0.39 is 0 Å². The first-order valence-electron chi connectivity index (χ1n) is 4.73. The third-order valence-electron chi connectivity index (χ3n) is 1.92. The van der Waals surface area contributed by atoms with Crippen molar-refractivity contribution in [3.05, 3.63) is 29.8 Å². The van der Waals surface area contributed by atoms with Crippen molar-refractivity contribution in [3.8, 4) is 0 Å². The van der Waals surface area contributed by atoms with Crippen LogP contribution in [-0.4, -0.2) is 21.1 Å². The molecule has 0 spiro atoms. The topological polar surface area (TPSA) is 119 Å². The highest BCUT2D eigenvalue weighted by Crippen LogP contribution is 2.08. The summed E-state index contributed by atoms with van der Waals surface area (Å²) in [6.45, 7) is 1.63. The van der Waals surface area contributed by atoms with Gasteiger partial charge in [-0.25, -0.2) is 10.8 Å². The summed E-state index contributed by atoms with van der Waals surface area (Å²) in [6, 6.07) is 3.20. The second-order valence-corrected chi connectivity index (χ2v) is 3.16. The largest absolute Gasteiger partial charge is 0.408 e. The van der Waals surface area contributed by atoms with Crippen LogP contribution in [0.15, 0.2) is 22.7 Å². The fourth-order valence-corrected chi connectivity index (χ4v) is 1.13. The van der Waals surface area contributed by atoms with Crippen LogP contribution in [0.25, 0.3) is 0 Å². The smallest absolute Gasteiger partial charge is 0.322 e. The minimum absolute atomic E-state index is 0.0496. The molecule has 0 saturated carbocycles. The van der Waals surface area contributed by atoms with Gasteiger partial charge >= 0.3 is 6.01 Å². The van der Waals surface area contributed by atoms with Gasteiger partial charge in [-0.1, -0.05) is 5.10 Å². The molecule has 0 radical (unpaired) electrons. The predicted octanol–water partition coefficient (Wildman–Crippen LogP) is 0.311. The molecule has 0 unspecified atom stereocenters. The average Bonchev–Trinajstić information content (AvgIpc) is 2.75. The van der Waals surface area contributed by atoms with E-state index >= 15 is 0 Å². The third-order valence-corrected chi connectivity index (χ3v) is 1.92. The van der Waals surface area contributed by atoms with E-state index in [0.717, 1.165) is 0 Å². The molecule has 8 heteroatoms. The van der Waals surface area contributed by atoms with Crippen molar-refractivity contribution in [1.29, 1.82) is 0 Å². The molecule has 0 aliphatic carbocycles. The van der Waals surface area contributed by atoms with Crippen molar-refractivity contribution in [2.24, 2.45) is 5.84 Å². The van der Waals surface area contributed by atoms with E-state index in [9.17, 15) is 4.79 Å². The number of pyridine rings is 1. The van der Waals surface area contributed by atoms with Gasteiger partial charge in [0.2, 0.25) is 5.89 Å². The summed E-state index contributed by atoms with van der Waals surface area (Å²) in [4.78, 5) is 15.6. The van der Waals surface area contributed by atoms with Crippen LogP contribution in [0.3, 0.4) is 0 Å². The number of nitrogen functional groups attached to an aromatic ring is 1. The Morgan fingerprint density at radius 2 is 2.24 bits per heavy atom. The first kappa shape index (κ1) is 11.0. The summed E-state index contributed by atoms with van der Waals surface area (Å²) in [7, 11) is 0. The number of rotatable bonds is 3. The molecule has 0 fully saturated rings. The van der Waals surface area contributed by atoms with Crippen LogP contribution < -0.4 is 16.6 Å². The Labute approximate surface area is 96.2 Å². The van der Waals surface area contributed by atoms with Crippen molar-refractivity contribution >= 4 is 17.7 Å². The summed E-state index contributed by atoms with van der Waals surface area (Å²) in [5, 5.41) is 9.68. The fraction of sp³-hybridized carbons (Fsp3) is 0.111. The molecular formula is C9H10N6O2. The average molecular weight is 234 g/mol. The van der Waals surface area contributed by atoms with E-state index in [1.54, 1.807) is 19.1 Å². The number of amides is 1. The first-order chi connectivity index (χ1) is 8.19. The summed E-state index contributed by atoms with van der Waals surface area (Å²) in [5.41, 5.74) is 2.72. The van der Waals surface area contributed by atoms with Gasteiger partial charge in [0.15, 0.2) is 0 Å². The Balaban J connectivity index is 2.09. The van der Waals surface area contributed by atoms with Crippen molar-refractivity contribution in [2.45, 2.75) is 6.92 Å². The van der Waals surface area contributed by atoms with Crippen LogP contribution in [0.1, 0.15) is 16.2 Å². The number of nitrogens with zero attached hydrogens (tertiary/aromatic N) is 3. The highest BCUT2D eigenvalue weighted by molar-refractivity contribution is 6.02. The van der Waals surface area contributed by atoms with Gasteiger partial charge < -0.3 is 9.84 Å². The Bertz CT molecular complexity index is 521. The molecule has 2 aromatic heterocycles. The number of hydrazine groups is 1. The number of aryl methyl sites for hydroxylation is 1. The molecule has 8 nitrogen and oxygen atoms in total.